The minimum Gasteiger partial charge on any atom is -0.341 e. The van der Waals surface area contributed by atoms with Crippen LogP contribution in [0.1, 0.15) is 10.4 Å². The molecule has 6 nitrogen and oxygen atoms in total. The first-order valence-electron chi connectivity index (χ1n) is 5.01. The molecule has 1 amide bonds. The monoisotopic (exact) mass is 289 g/mol. The highest BCUT2D eigenvalue weighted by molar-refractivity contribution is 7.98. The third-order valence-corrected chi connectivity index (χ3v) is 3.05. The number of hydrogen-bond donors (Lipinski definition) is 0. The van der Waals surface area contributed by atoms with Gasteiger partial charge in [0, 0.05) is 19.3 Å². The van der Waals surface area contributed by atoms with Crippen molar-refractivity contribution in [2.24, 2.45) is 0 Å². The summed E-state index contributed by atoms with van der Waals surface area (Å²) >= 11 is 7.26. The summed E-state index contributed by atoms with van der Waals surface area (Å²) in [5.74, 6) is 0.328. The standard InChI is InChI=1S/C10H12ClN3O3S/c1-13(3-4-18-2)10(15)7-5-9(11)12-6-8(7)14(16)17/h5-6H,3-4H2,1-2H3. The molecule has 1 aromatic rings. The van der Waals surface area contributed by atoms with E-state index in [-0.39, 0.29) is 16.4 Å². The second-order valence-electron chi connectivity index (χ2n) is 3.50. The van der Waals surface area contributed by atoms with Crippen LogP contribution < -0.4 is 0 Å². The SMILES string of the molecule is CSCCN(C)C(=O)c1cc(Cl)ncc1[N+](=O)[O-]. The van der Waals surface area contributed by atoms with Gasteiger partial charge in [-0.2, -0.15) is 11.8 Å². The van der Waals surface area contributed by atoms with Gasteiger partial charge in [0.05, 0.1) is 4.92 Å². The minimum absolute atomic E-state index is 0.0383. The van der Waals surface area contributed by atoms with Gasteiger partial charge in [-0.15, -0.1) is 0 Å². The molecule has 1 aromatic heterocycles. The molecular weight excluding hydrogens is 278 g/mol. The number of aromatic nitrogens is 1. The summed E-state index contributed by atoms with van der Waals surface area (Å²) in [5, 5.41) is 10.9. The van der Waals surface area contributed by atoms with Crippen molar-refractivity contribution >= 4 is 35.0 Å². The third-order valence-electron chi connectivity index (χ3n) is 2.25. The summed E-state index contributed by atoms with van der Waals surface area (Å²) in [5.41, 5.74) is -0.371. The summed E-state index contributed by atoms with van der Waals surface area (Å²) < 4.78 is 0. The molecule has 0 aliphatic rings. The first-order valence-corrected chi connectivity index (χ1v) is 6.79. The quantitative estimate of drug-likeness (QED) is 0.471. The van der Waals surface area contributed by atoms with Crippen LogP contribution in [-0.2, 0) is 0 Å². The fourth-order valence-electron chi connectivity index (χ4n) is 1.27. The Hall–Kier alpha value is -1.34. The Kier molecular flexibility index (Phi) is 5.36. The molecule has 0 radical (unpaired) electrons. The van der Waals surface area contributed by atoms with Gasteiger partial charge >= 0.3 is 0 Å². The number of hydrogen-bond acceptors (Lipinski definition) is 5. The van der Waals surface area contributed by atoms with E-state index in [1.54, 1.807) is 18.8 Å². The maximum absolute atomic E-state index is 12.1. The maximum Gasteiger partial charge on any atom is 0.300 e. The van der Waals surface area contributed by atoms with Crippen LogP contribution >= 0.6 is 23.4 Å². The molecule has 0 aromatic carbocycles. The maximum atomic E-state index is 12.1. The lowest BCUT2D eigenvalue weighted by molar-refractivity contribution is -0.385. The number of nitro groups is 1. The van der Waals surface area contributed by atoms with E-state index in [0.29, 0.717) is 6.54 Å². The molecule has 0 unspecified atom stereocenters. The van der Waals surface area contributed by atoms with Gasteiger partial charge in [-0.3, -0.25) is 14.9 Å². The molecule has 0 fully saturated rings. The molecule has 8 heteroatoms. The highest BCUT2D eigenvalue weighted by Crippen LogP contribution is 2.21. The molecule has 0 spiro atoms. The van der Waals surface area contributed by atoms with E-state index in [1.807, 2.05) is 6.26 Å². The van der Waals surface area contributed by atoms with Gasteiger partial charge in [0.1, 0.15) is 16.9 Å². The lowest BCUT2D eigenvalue weighted by Crippen LogP contribution is -2.29. The Balaban J connectivity index is 3.03. The van der Waals surface area contributed by atoms with Crippen molar-refractivity contribution < 1.29 is 9.72 Å². The highest BCUT2D eigenvalue weighted by atomic mass is 35.5. The number of pyridine rings is 1. The van der Waals surface area contributed by atoms with Crippen molar-refractivity contribution in [2.75, 3.05) is 25.6 Å². The van der Waals surface area contributed by atoms with E-state index in [9.17, 15) is 14.9 Å². The summed E-state index contributed by atoms with van der Waals surface area (Å²) in [7, 11) is 1.59. The Labute approximate surface area is 113 Å². The Morgan fingerprint density at radius 3 is 2.89 bits per heavy atom. The average molecular weight is 290 g/mol. The van der Waals surface area contributed by atoms with Gasteiger partial charge < -0.3 is 4.90 Å². The number of nitrogens with zero attached hydrogens (tertiary/aromatic N) is 3. The van der Waals surface area contributed by atoms with E-state index in [2.05, 4.69) is 4.98 Å². The van der Waals surface area contributed by atoms with Crippen molar-refractivity contribution in [1.82, 2.24) is 9.88 Å². The first kappa shape index (κ1) is 14.7. The Morgan fingerprint density at radius 2 is 2.33 bits per heavy atom. The molecule has 0 N–H and O–H groups in total. The minimum atomic E-state index is -0.640. The molecule has 0 atom stereocenters. The number of amides is 1. The molecular formula is C10H12ClN3O3S. The number of carbonyl (C=O) groups is 1. The zero-order valence-corrected chi connectivity index (χ0v) is 11.5. The lowest BCUT2D eigenvalue weighted by Gasteiger charge is -2.16. The van der Waals surface area contributed by atoms with Gasteiger partial charge in [-0.1, -0.05) is 11.6 Å². The van der Waals surface area contributed by atoms with Crippen LogP contribution in [0.25, 0.3) is 0 Å². The number of thioether (sulfide) groups is 1. The van der Waals surface area contributed by atoms with Crippen LogP contribution in [-0.4, -0.2) is 46.3 Å². The summed E-state index contributed by atoms with van der Waals surface area (Å²) in [6.07, 6.45) is 2.92. The van der Waals surface area contributed by atoms with Gasteiger partial charge in [0.2, 0.25) is 0 Å². The predicted molar refractivity (Wildman–Crippen MR) is 71.2 cm³/mol. The van der Waals surface area contributed by atoms with Crippen molar-refractivity contribution in [1.29, 1.82) is 0 Å². The topological polar surface area (TPSA) is 76.3 Å². The largest absolute Gasteiger partial charge is 0.341 e. The Morgan fingerprint density at radius 1 is 1.67 bits per heavy atom. The molecule has 0 aliphatic heterocycles. The van der Waals surface area contributed by atoms with Crippen molar-refractivity contribution in [3.8, 4) is 0 Å². The highest BCUT2D eigenvalue weighted by Gasteiger charge is 2.23. The molecule has 18 heavy (non-hydrogen) atoms. The third kappa shape index (κ3) is 3.58. The van der Waals surface area contributed by atoms with Crippen LogP contribution in [0.4, 0.5) is 5.69 Å². The van der Waals surface area contributed by atoms with Crippen LogP contribution in [0.2, 0.25) is 5.15 Å². The molecule has 98 valence electrons. The summed E-state index contributed by atoms with van der Waals surface area (Å²) in [4.78, 5) is 27.3. The average Bonchev–Trinajstić information content (AvgIpc) is 2.34. The summed E-state index contributed by atoms with van der Waals surface area (Å²) in [6.45, 7) is 0.511. The van der Waals surface area contributed by atoms with Gasteiger partial charge in [0.25, 0.3) is 11.6 Å². The van der Waals surface area contributed by atoms with Crippen LogP contribution in [0.15, 0.2) is 12.3 Å². The van der Waals surface area contributed by atoms with E-state index in [1.165, 1.54) is 11.0 Å². The second kappa shape index (κ2) is 6.55. The fourth-order valence-corrected chi connectivity index (χ4v) is 1.89. The van der Waals surface area contributed by atoms with Gasteiger partial charge in [-0.05, 0) is 12.3 Å². The number of carbonyl (C=O) groups excluding carboxylic acids is 1. The zero-order valence-electron chi connectivity index (χ0n) is 9.92. The second-order valence-corrected chi connectivity index (χ2v) is 4.87. The molecule has 1 heterocycles. The zero-order chi connectivity index (χ0) is 13.7. The van der Waals surface area contributed by atoms with Crippen molar-refractivity contribution in [3.05, 3.63) is 33.1 Å². The van der Waals surface area contributed by atoms with Crippen molar-refractivity contribution in [3.63, 3.8) is 0 Å². The van der Waals surface area contributed by atoms with Crippen LogP contribution in [0, 0.1) is 10.1 Å². The van der Waals surface area contributed by atoms with Crippen molar-refractivity contribution in [2.45, 2.75) is 0 Å². The predicted octanol–water partition coefficient (Wildman–Crippen LogP) is 2.08. The lowest BCUT2D eigenvalue weighted by atomic mass is 10.2. The van der Waals surface area contributed by atoms with Crippen LogP contribution in [0.5, 0.6) is 0 Å². The molecule has 1 rings (SSSR count). The Bertz CT molecular complexity index is 470. The normalized spacial score (nSPS) is 10.2. The molecule has 0 saturated carbocycles. The van der Waals surface area contributed by atoms with E-state index < -0.39 is 10.8 Å². The van der Waals surface area contributed by atoms with Gasteiger partial charge in [0.15, 0.2) is 0 Å². The van der Waals surface area contributed by atoms with Gasteiger partial charge in [-0.25, -0.2) is 4.98 Å². The smallest absolute Gasteiger partial charge is 0.300 e. The van der Waals surface area contributed by atoms with E-state index in [4.69, 9.17) is 11.6 Å². The molecule has 0 saturated heterocycles. The number of halogens is 1. The summed E-state index contributed by atoms with van der Waals surface area (Å²) in [6, 6.07) is 1.22. The number of rotatable bonds is 5. The van der Waals surface area contributed by atoms with Crippen LogP contribution in [0.3, 0.4) is 0 Å². The fraction of sp³-hybridized carbons (Fsp3) is 0.400. The van der Waals surface area contributed by atoms with E-state index >= 15 is 0 Å². The molecule has 0 bridgehead atoms. The molecule has 0 aliphatic carbocycles. The van der Waals surface area contributed by atoms with E-state index in [0.717, 1.165) is 11.9 Å². The first-order chi connectivity index (χ1) is 8.47.